The van der Waals surface area contributed by atoms with Gasteiger partial charge in [0, 0.05) is 5.02 Å². The Balaban J connectivity index is 2.80. The molecule has 1 aromatic carbocycles. The molecule has 80 valence electrons. The van der Waals surface area contributed by atoms with E-state index in [1.54, 1.807) is 24.3 Å². The summed E-state index contributed by atoms with van der Waals surface area (Å²) in [6.45, 7) is 6.44. The fourth-order valence-corrected chi connectivity index (χ4v) is 1.71. The smallest absolute Gasteiger partial charge is 0.139 e. The average Bonchev–Trinajstić information content (AvgIpc) is 2.14. The molecule has 0 amide bonds. The van der Waals surface area contributed by atoms with Gasteiger partial charge in [0.1, 0.15) is 14.2 Å². The van der Waals surface area contributed by atoms with Crippen molar-refractivity contribution >= 4 is 19.7 Å². The Kier molecular flexibility index (Phi) is 3.98. The summed E-state index contributed by atoms with van der Waals surface area (Å²) in [5.41, 5.74) is 3.94. The first-order chi connectivity index (χ1) is 6.88. The number of aliphatic hydroxyl groups excluding tert-OH is 1. The molecule has 1 N–H and O–H groups in total. The lowest BCUT2D eigenvalue weighted by Gasteiger charge is -2.07. The number of hydrogen-bond donors (Lipinski definition) is 1. The monoisotopic (exact) mass is 238 g/mol. The van der Waals surface area contributed by atoms with Gasteiger partial charge in [0.25, 0.3) is 0 Å². The maximum absolute atomic E-state index is 9.78. The molecule has 0 radical (unpaired) electrons. The molecule has 0 unspecified atom stereocenters. The van der Waals surface area contributed by atoms with Crippen molar-refractivity contribution in [3.05, 3.63) is 34.9 Å². The molecule has 0 fully saturated rings. The summed E-state index contributed by atoms with van der Waals surface area (Å²) in [6.07, 6.45) is -0.700. The maximum Gasteiger partial charge on any atom is 0.139 e. The highest BCUT2D eigenvalue weighted by Crippen LogP contribution is 2.15. The van der Waals surface area contributed by atoms with Crippen LogP contribution in [0.1, 0.15) is 11.7 Å². The highest BCUT2D eigenvalue weighted by Gasteiger charge is 2.09. The molecular formula is C12H15ClOSi. The van der Waals surface area contributed by atoms with Gasteiger partial charge in [-0.1, -0.05) is 49.3 Å². The largest absolute Gasteiger partial charge is 0.376 e. The zero-order chi connectivity index (χ0) is 11.5. The molecule has 0 aliphatic heterocycles. The minimum Gasteiger partial charge on any atom is -0.376 e. The Labute approximate surface area is 97.1 Å². The second-order valence-electron chi connectivity index (χ2n) is 4.47. The molecule has 15 heavy (non-hydrogen) atoms. The first kappa shape index (κ1) is 12.3. The van der Waals surface area contributed by atoms with Gasteiger partial charge in [0.05, 0.1) is 0 Å². The Hall–Kier alpha value is -0.753. The van der Waals surface area contributed by atoms with Crippen molar-refractivity contribution < 1.29 is 5.11 Å². The summed E-state index contributed by atoms with van der Waals surface area (Å²) >= 11 is 5.76. The van der Waals surface area contributed by atoms with E-state index in [-0.39, 0.29) is 0 Å². The SMILES string of the molecule is C[Si](C)(C)C#C[C@@H](O)c1ccc(Cl)cc1. The molecule has 0 heterocycles. The van der Waals surface area contributed by atoms with Gasteiger partial charge in [-0.05, 0) is 17.7 Å². The third-order valence-electron chi connectivity index (χ3n) is 1.77. The molecule has 1 rings (SSSR count). The number of rotatable bonds is 1. The molecule has 3 heteroatoms. The zero-order valence-corrected chi connectivity index (χ0v) is 11.0. The van der Waals surface area contributed by atoms with Crippen LogP contribution in [0.2, 0.25) is 24.7 Å². The van der Waals surface area contributed by atoms with E-state index < -0.39 is 14.2 Å². The van der Waals surface area contributed by atoms with E-state index >= 15 is 0 Å². The summed E-state index contributed by atoms with van der Waals surface area (Å²) in [6, 6.07) is 7.12. The molecule has 0 aliphatic carbocycles. The van der Waals surface area contributed by atoms with Crippen LogP contribution < -0.4 is 0 Å². The van der Waals surface area contributed by atoms with Gasteiger partial charge in [-0.3, -0.25) is 0 Å². The van der Waals surface area contributed by atoms with Crippen LogP contribution in [0, 0.1) is 11.5 Å². The standard InChI is InChI=1S/C12H15ClOSi/c1-15(2,3)9-8-12(14)10-4-6-11(13)7-5-10/h4-7,12,14H,1-3H3/t12-/m1/s1. The minimum atomic E-state index is -1.41. The molecule has 0 aromatic heterocycles. The van der Waals surface area contributed by atoms with Crippen LogP contribution in [-0.4, -0.2) is 13.2 Å². The Morgan fingerprint density at radius 2 is 1.73 bits per heavy atom. The third kappa shape index (κ3) is 4.52. The molecule has 0 spiro atoms. The van der Waals surface area contributed by atoms with Crippen LogP contribution in [0.15, 0.2) is 24.3 Å². The van der Waals surface area contributed by atoms with Crippen LogP contribution in [-0.2, 0) is 0 Å². The maximum atomic E-state index is 9.78. The summed E-state index contributed by atoms with van der Waals surface area (Å²) in [5, 5.41) is 10.5. The normalized spacial score (nSPS) is 12.9. The van der Waals surface area contributed by atoms with Crippen molar-refractivity contribution in [3.8, 4) is 11.5 Å². The van der Waals surface area contributed by atoms with Crippen molar-refractivity contribution in [2.75, 3.05) is 0 Å². The molecule has 1 aromatic rings. The van der Waals surface area contributed by atoms with E-state index in [0.29, 0.717) is 5.02 Å². The second-order valence-corrected chi connectivity index (χ2v) is 9.66. The van der Waals surface area contributed by atoms with Crippen LogP contribution >= 0.6 is 11.6 Å². The Morgan fingerprint density at radius 3 is 2.20 bits per heavy atom. The minimum absolute atomic E-state index is 0.670. The van der Waals surface area contributed by atoms with Gasteiger partial charge in [-0.25, -0.2) is 0 Å². The van der Waals surface area contributed by atoms with Gasteiger partial charge >= 0.3 is 0 Å². The van der Waals surface area contributed by atoms with Crippen LogP contribution in [0.5, 0.6) is 0 Å². The fourth-order valence-electron chi connectivity index (χ4n) is 1.01. The van der Waals surface area contributed by atoms with Crippen molar-refractivity contribution in [1.29, 1.82) is 0 Å². The number of aliphatic hydroxyl groups is 1. The molecule has 0 aliphatic rings. The lowest BCUT2D eigenvalue weighted by atomic mass is 10.1. The highest BCUT2D eigenvalue weighted by molar-refractivity contribution is 6.83. The number of benzene rings is 1. The predicted octanol–water partition coefficient (Wildman–Crippen LogP) is 3.25. The van der Waals surface area contributed by atoms with E-state index in [2.05, 4.69) is 31.1 Å². The zero-order valence-electron chi connectivity index (χ0n) is 9.21. The quantitative estimate of drug-likeness (QED) is 0.588. The van der Waals surface area contributed by atoms with Crippen LogP contribution in [0.3, 0.4) is 0 Å². The fraction of sp³-hybridized carbons (Fsp3) is 0.333. The van der Waals surface area contributed by atoms with E-state index in [4.69, 9.17) is 11.6 Å². The summed E-state index contributed by atoms with van der Waals surface area (Å²) in [5.74, 6) is 2.88. The molecule has 0 saturated carbocycles. The Bertz CT molecular complexity index is 381. The van der Waals surface area contributed by atoms with Crippen molar-refractivity contribution in [1.82, 2.24) is 0 Å². The topological polar surface area (TPSA) is 20.2 Å². The van der Waals surface area contributed by atoms with E-state index in [1.807, 2.05) is 0 Å². The predicted molar refractivity (Wildman–Crippen MR) is 67.5 cm³/mol. The van der Waals surface area contributed by atoms with Crippen molar-refractivity contribution in [3.63, 3.8) is 0 Å². The summed E-state index contributed by atoms with van der Waals surface area (Å²) in [4.78, 5) is 0. The Morgan fingerprint density at radius 1 is 1.20 bits per heavy atom. The molecule has 0 saturated heterocycles. The number of halogens is 1. The average molecular weight is 239 g/mol. The van der Waals surface area contributed by atoms with Gasteiger partial charge in [-0.15, -0.1) is 5.54 Å². The van der Waals surface area contributed by atoms with E-state index in [0.717, 1.165) is 5.56 Å². The van der Waals surface area contributed by atoms with E-state index in [1.165, 1.54) is 0 Å². The van der Waals surface area contributed by atoms with Crippen molar-refractivity contribution in [2.24, 2.45) is 0 Å². The molecule has 1 atom stereocenters. The molecule has 1 nitrogen and oxygen atoms in total. The molecular weight excluding hydrogens is 224 g/mol. The second kappa shape index (κ2) is 4.85. The van der Waals surface area contributed by atoms with Crippen LogP contribution in [0.25, 0.3) is 0 Å². The first-order valence-corrected chi connectivity index (χ1v) is 8.72. The van der Waals surface area contributed by atoms with Crippen molar-refractivity contribution in [2.45, 2.75) is 25.7 Å². The van der Waals surface area contributed by atoms with Gasteiger partial charge < -0.3 is 5.11 Å². The highest BCUT2D eigenvalue weighted by atomic mass is 35.5. The lowest BCUT2D eigenvalue weighted by Crippen LogP contribution is -2.16. The molecule has 0 bridgehead atoms. The van der Waals surface area contributed by atoms with Gasteiger partial charge in [0.15, 0.2) is 0 Å². The van der Waals surface area contributed by atoms with Gasteiger partial charge in [-0.2, -0.15) is 0 Å². The van der Waals surface area contributed by atoms with Gasteiger partial charge in [0.2, 0.25) is 0 Å². The summed E-state index contributed by atoms with van der Waals surface area (Å²) < 4.78 is 0. The lowest BCUT2D eigenvalue weighted by molar-refractivity contribution is 0.238. The van der Waals surface area contributed by atoms with E-state index in [9.17, 15) is 5.11 Å². The first-order valence-electron chi connectivity index (χ1n) is 4.85. The summed E-state index contributed by atoms with van der Waals surface area (Å²) in [7, 11) is -1.41. The van der Waals surface area contributed by atoms with Crippen LogP contribution in [0.4, 0.5) is 0 Å². The third-order valence-corrected chi connectivity index (χ3v) is 2.92. The number of hydrogen-bond acceptors (Lipinski definition) is 1.